The van der Waals surface area contributed by atoms with Crippen molar-refractivity contribution in [3.63, 3.8) is 0 Å². The Kier molecular flexibility index (Phi) is 3.60. The van der Waals surface area contributed by atoms with Gasteiger partial charge in [-0.2, -0.15) is 0 Å². The quantitative estimate of drug-likeness (QED) is 0.878. The second-order valence-corrected chi connectivity index (χ2v) is 5.81. The zero-order valence-corrected chi connectivity index (χ0v) is 13.1. The first-order chi connectivity index (χ1) is 10.9. The fourth-order valence-corrected chi connectivity index (χ4v) is 2.37. The van der Waals surface area contributed by atoms with Gasteiger partial charge in [0.15, 0.2) is 11.3 Å². The number of esters is 1. The Bertz CT molecular complexity index is 822. The summed E-state index contributed by atoms with van der Waals surface area (Å²) >= 11 is 0. The van der Waals surface area contributed by atoms with Crippen LogP contribution in [0.5, 0.6) is 5.75 Å². The van der Waals surface area contributed by atoms with Crippen LogP contribution in [-0.4, -0.2) is 11.8 Å². The van der Waals surface area contributed by atoms with Gasteiger partial charge in [-0.1, -0.05) is 24.3 Å². The summed E-state index contributed by atoms with van der Waals surface area (Å²) in [5, 5.41) is 3.04. The highest BCUT2D eigenvalue weighted by molar-refractivity contribution is 5.93. The van der Waals surface area contributed by atoms with E-state index in [-0.39, 0.29) is 17.2 Å². The van der Waals surface area contributed by atoms with Gasteiger partial charge in [-0.05, 0) is 18.1 Å². The number of rotatable bonds is 3. The lowest BCUT2D eigenvalue weighted by Gasteiger charge is -2.30. The summed E-state index contributed by atoms with van der Waals surface area (Å²) in [5.41, 5.74) is 1.20. The number of hydrogen-bond donors (Lipinski definition) is 1. The topological polar surface area (TPSA) is 77.8 Å². The lowest BCUT2D eigenvalue weighted by atomic mass is 10.1. The molecule has 120 valence electrons. The summed E-state index contributed by atoms with van der Waals surface area (Å²) in [7, 11) is 0. The van der Waals surface area contributed by atoms with Crippen LogP contribution in [0.3, 0.4) is 0 Å². The molecule has 1 N–H and O–H groups in total. The fraction of sp³-hybridized carbons (Fsp3) is 0.294. The van der Waals surface area contributed by atoms with E-state index in [2.05, 4.69) is 5.32 Å². The van der Waals surface area contributed by atoms with Crippen molar-refractivity contribution in [2.75, 3.05) is 5.32 Å². The number of aryl methyl sites for hydroxylation is 1. The van der Waals surface area contributed by atoms with Crippen molar-refractivity contribution in [1.82, 2.24) is 0 Å². The number of ether oxygens (including phenoxy) is 2. The Hall–Kier alpha value is -2.76. The Morgan fingerprint density at radius 2 is 1.87 bits per heavy atom. The number of carbonyl (C=O) groups excluding carboxylic acids is 1. The van der Waals surface area contributed by atoms with E-state index in [9.17, 15) is 9.59 Å². The van der Waals surface area contributed by atoms with Crippen LogP contribution in [0.4, 0.5) is 5.88 Å². The first-order valence-electron chi connectivity index (χ1n) is 7.24. The molecule has 0 amide bonds. The normalized spacial score (nSPS) is 15.3. The van der Waals surface area contributed by atoms with Crippen LogP contribution in [0.2, 0.25) is 0 Å². The van der Waals surface area contributed by atoms with E-state index in [4.69, 9.17) is 13.9 Å². The maximum Gasteiger partial charge on any atom is 0.356 e. The molecule has 1 aliphatic rings. The molecule has 0 unspecified atom stereocenters. The second-order valence-electron chi connectivity index (χ2n) is 5.81. The van der Waals surface area contributed by atoms with Crippen LogP contribution in [0.25, 0.3) is 0 Å². The summed E-state index contributed by atoms with van der Waals surface area (Å²) in [6.07, 6.45) is 0. The van der Waals surface area contributed by atoms with E-state index in [0.717, 1.165) is 11.1 Å². The molecule has 1 aliphatic heterocycles. The molecule has 0 spiro atoms. The smallest absolute Gasteiger partial charge is 0.356 e. The predicted molar refractivity (Wildman–Crippen MR) is 83.6 cm³/mol. The van der Waals surface area contributed by atoms with Gasteiger partial charge in [-0.15, -0.1) is 0 Å². The van der Waals surface area contributed by atoms with Crippen LogP contribution in [0, 0.1) is 6.92 Å². The van der Waals surface area contributed by atoms with E-state index >= 15 is 0 Å². The molecule has 23 heavy (non-hydrogen) atoms. The van der Waals surface area contributed by atoms with Crippen molar-refractivity contribution < 1.29 is 18.7 Å². The van der Waals surface area contributed by atoms with Crippen molar-refractivity contribution in [3.05, 3.63) is 57.4 Å². The molecule has 6 heteroatoms. The summed E-state index contributed by atoms with van der Waals surface area (Å²) in [6, 6.07) is 9.38. The minimum absolute atomic E-state index is 0.162. The molecule has 0 saturated carbocycles. The van der Waals surface area contributed by atoms with Crippen LogP contribution in [-0.2, 0) is 11.3 Å². The molecule has 0 saturated heterocycles. The highest BCUT2D eigenvalue weighted by Gasteiger charge is 2.37. The third kappa shape index (κ3) is 3.06. The molecule has 0 fully saturated rings. The van der Waals surface area contributed by atoms with Crippen molar-refractivity contribution in [2.24, 2.45) is 0 Å². The average Bonchev–Trinajstić information content (AvgIpc) is 2.44. The zero-order valence-electron chi connectivity index (χ0n) is 13.1. The van der Waals surface area contributed by atoms with Gasteiger partial charge in [-0.25, -0.2) is 9.59 Å². The number of fused-ring (bicyclic) bond motifs is 1. The molecule has 2 aromatic rings. The van der Waals surface area contributed by atoms with E-state index in [1.54, 1.807) is 13.8 Å². The number of cyclic esters (lactones) is 1. The number of hydrogen-bond acceptors (Lipinski definition) is 6. The first kappa shape index (κ1) is 15.1. The van der Waals surface area contributed by atoms with Gasteiger partial charge >= 0.3 is 11.6 Å². The first-order valence-corrected chi connectivity index (χ1v) is 7.24. The largest absolute Gasteiger partial charge is 0.451 e. The van der Waals surface area contributed by atoms with Gasteiger partial charge in [0.25, 0.3) is 0 Å². The molecule has 1 aromatic carbocycles. The summed E-state index contributed by atoms with van der Waals surface area (Å²) in [4.78, 5) is 23.9. The maximum absolute atomic E-state index is 12.0. The number of benzene rings is 1. The molecule has 3 rings (SSSR count). The number of carbonyl (C=O) groups is 1. The highest BCUT2D eigenvalue weighted by atomic mass is 16.7. The average molecular weight is 315 g/mol. The molecule has 6 nitrogen and oxygen atoms in total. The van der Waals surface area contributed by atoms with E-state index in [1.807, 2.05) is 31.2 Å². The monoisotopic (exact) mass is 315 g/mol. The molecule has 0 radical (unpaired) electrons. The zero-order chi connectivity index (χ0) is 16.6. The minimum Gasteiger partial charge on any atom is -0.451 e. The number of nitrogens with one attached hydrogen (secondary N) is 1. The molecule has 2 heterocycles. The lowest BCUT2D eigenvalue weighted by molar-refractivity contribution is -0.128. The minimum atomic E-state index is -1.12. The molecule has 0 atom stereocenters. The van der Waals surface area contributed by atoms with Gasteiger partial charge in [0.1, 0.15) is 0 Å². The van der Waals surface area contributed by atoms with Gasteiger partial charge in [0.05, 0.1) is 0 Å². The molecular formula is C17H17NO5. The Morgan fingerprint density at radius 1 is 1.13 bits per heavy atom. The van der Waals surface area contributed by atoms with E-state index in [0.29, 0.717) is 6.54 Å². The van der Waals surface area contributed by atoms with Crippen molar-refractivity contribution in [3.8, 4) is 5.75 Å². The van der Waals surface area contributed by atoms with Crippen molar-refractivity contribution >= 4 is 11.9 Å². The maximum atomic E-state index is 12.0. The van der Waals surface area contributed by atoms with Crippen LogP contribution >= 0.6 is 0 Å². The standard InChI is InChI=1S/C17H17NO5/c1-10-6-4-5-7-11(10)9-18-13-8-12-14(15(19)21-13)16(20)23-17(2,3)22-12/h4-8,18H,9H2,1-3H3. The Morgan fingerprint density at radius 3 is 2.61 bits per heavy atom. The summed E-state index contributed by atoms with van der Waals surface area (Å²) < 4.78 is 15.7. The van der Waals surface area contributed by atoms with Crippen LogP contribution < -0.4 is 15.7 Å². The van der Waals surface area contributed by atoms with Crippen molar-refractivity contribution in [2.45, 2.75) is 33.1 Å². The third-order valence-corrected chi connectivity index (χ3v) is 3.53. The highest BCUT2D eigenvalue weighted by Crippen LogP contribution is 2.31. The van der Waals surface area contributed by atoms with E-state index < -0.39 is 17.4 Å². The van der Waals surface area contributed by atoms with Gasteiger partial charge in [0, 0.05) is 26.5 Å². The summed E-state index contributed by atoms with van der Waals surface area (Å²) in [6.45, 7) is 5.69. The predicted octanol–water partition coefficient (Wildman–Crippen LogP) is 2.85. The van der Waals surface area contributed by atoms with Gasteiger partial charge < -0.3 is 19.2 Å². The number of anilines is 1. The lowest BCUT2D eigenvalue weighted by Crippen LogP contribution is -2.41. The molecule has 0 bridgehead atoms. The van der Waals surface area contributed by atoms with Gasteiger partial charge in [0.2, 0.25) is 11.7 Å². The molecule has 0 aliphatic carbocycles. The summed E-state index contributed by atoms with van der Waals surface area (Å²) in [5.74, 6) is -1.46. The second kappa shape index (κ2) is 5.46. The van der Waals surface area contributed by atoms with Crippen LogP contribution in [0.1, 0.15) is 35.3 Å². The SMILES string of the molecule is Cc1ccccc1CNc1cc2c(c(=O)o1)C(=O)OC(C)(C)O2. The van der Waals surface area contributed by atoms with Gasteiger partial charge in [-0.3, -0.25) is 0 Å². The van der Waals surface area contributed by atoms with E-state index in [1.165, 1.54) is 6.07 Å². The Balaban J connectivity index is 1.88. The molecular weight excluding hydrogens is 298 g/mol. The third-order valence-electron chi connectivity index (χ3n) is 3.53. The fourth-order valence-electron chi connectivity index (χ4n) is 2.37. The Labute approximate surface area is 133 Å². The molecule has 1 aromatic heterocycles. The van der Waals surface area contributed by atoms with Crippen molar-refractivity contribution in [1.29, 1.82) is 0 Å². The van der Waals surface area contributed by atoms with Crippen LogP contribution in [0.15, 0.2) is 39.5 Å².